The zero-order chi connectivity index (χ0) is 15.9. The number of carbonyl (C=O) groups excluding carboxylic acids is 1. The van der Waals surface area contributed by atoms with Crippen LogP contribution in [0.15, 0.2) is 52.9 Å². The van der Waals surface area contributed by atoms with Crippen LogP contribution in [0.4, 0.5) is 5.69 Å². The standard InChI is InChI=1S/C16H17N3O2S/c1-3-7-13-11(2)17-16(19-15(13)21)22-10-14(20)18-12-8-5-4-6-9-12/h3-6,8-9H,1,7,10H2,2H3,(H,18,20)(H,17,19,21). The monoisotopic (exact) mass is 315 g/mol. The third kappa shape index (κ3) is 4.33. The number of allylic oxidation sites excluding steroid dienone is 1. The number of anilines is 1. The molecule has 0 spiro atoms. The third-order valence-electron chi connectivity index (χ3n) is 2.95. The van der Waals surface area contributed by atoms with E-state index in [1.807, 2.05) is 30.3 Å². The van der Waals surface area contributed by atoms with Gasteiger partial charge in [-0.3, -0.25) is 9.59 Å². The molecule has 1 amide bonds. The first kappa shape index (κ1) is 16.0. The fourth-order valence-corrected chi connectivity index (χ4v) is 2.60. The number of para-hydroxylation sites is 1. The predicted octanol–water partition coefficient (Wildman–Crippen LogP) is 2.54. The van der Waals surface area contributed by atoms with E-state index in [-0.39, 0.29) is 17.2 Å². The lowest BCUT2D eigenvalue weighted by Gasteiger charge is -2.06. The number of carbonyl (C=O) groups is 1. The van der Waals surface area contributed by atoms with Gasteiger partial charge in [0.1, 0.15) is 0 Å². The van der Waals surface area contributed by atoms with Crippen molar-refractivity contribution in [3.8, 4) is 0 Å². The van der Waals surface area contributed by atoms with Gasteiger partial charge in [0.2, 0.25) is 5.91 Å². The van der Waals surface area contributed by atoms with Crippen LogP contribution in [-0.2, 0) is 11.2 Å². The molecule has 1 heterocycles. The molecular formula is C16H17N3O2S. The van der Waals surface area contributed by atoms with E-state index in [1.165, 1.54) is 11.8 Å². The van der Waals surface area contributed by atoms with Crippen molar-refractivity contribution in [1.82, 2.24) is 9.97 Å². The predicted molar refractivity (Wildman–Crippen MR) is 89.3 cm³/mol. The van der Waals surface area contributed by atoms with Crippen molar-refractivity contribution >= 4 is 23.4 Å². The van der Waals surface area contributed by atoms with Crippen LogP contribution in [0.2, 0.25) is 0 Å². The molecule has 0 radical (unpaired) electrons. The fraction of sp³-hybridized carbons (Fsp3) is 0.188. The Morgan fingerprint density at radius 2 is 2.14 bits per heavy atom. The SMILES string of the molecule is C=CCc1c(C)nc(SCC(=O)Nc2ccccc2)[nH]c1=O. The number of aromatic amines is 1. The van der Waals surface area contributed by atoms with E-state index in [4.69, 9.17) is 0 Å². The molecule has 0 aliphatic heterocycles. The van der Waals surface area contributed by atoms with E-state index in [0.29, 0.717) is 22.8 Å². The van der Waals surface area contributed by atoms with Crippen molar-refractivity contribution in [3.05, 3.63) is 64.6 Å². The summed E-state index contributed by atoms with van der Waals surface area (Å²) < 4.78 is 0. The highest BCUT2D eigenvalue weighted by atomic mass is 32.2. The summed E-state index contributed by atoms with van der Waals surface area (Å²) in [7, 11) is 0. The number of aromatic nitrogens is 2. The van der Waals surface area contributed by atoms with Gasteiger partial charge in [-0.15, -0.1) is 6.58 Å². The van der Waals surface area contributed by atoms with Gasteiger partial charge in [-0.2, -0.15) is 0 Å². The second-order valence-corrected chi connectivity index (χ2v) is 5.59. The lowest BCUT2D eigenvalue weighted by atomic mass is 10.2. The molecule has 2 N–H and O–H groups in total. The average molecular weight is 315 g/mol. The summed E-state index contributed by atoms with van der Waals surface area (Å²) in [5.74, 6) is 0.0320. The second-order valence-electron chi connectivity index (χ2n) is 4.63. The number of hydrogen-bond donors (Lipinski definition) is 2. The molecule has 0 saturated heterocycles. The number of amides is 1. The molecule has 0 atom stereocenters. The average Bonchev–Trinajstić information content (AvgIpc) is 2.50. The Kier molecular flexibility index (Phi) is 5.55. The minimum Gasteiger partial charge on any atom is -0.325 e. The van der Waals surface area contributed by atoms with Gasteiger partial charge in [0.25, 0.3) is 5.56 Å². The molecule has 0 bridgehead atoms. The maximum Gasteiger partial charge on any atom is 0.255 e. The van der Waals surface area contributed by atoms with Gasteiger partial charge in [0.15, 0.2) is 5.16 Å². The molecule has 0 saturated carbocycles. The van der Waals surface area contributed by atoms with Crippen molar-refractivity contribution in [2.45, 2.75) is 18.5 Å². The summed E-state index contributed by atoms with van der Waals surface area (Å²) >= 11 is 1.20. The van der Waals surface area contributed by atoms with Crippen LogP contribution >= 0.6 is 11.8 Å². The minimum atomic E-state index is -0.182. The van der Waals surface area contributed by atoms with E-state index >= 15 is 0 Å². The highest BCUT2D eigenvalue weighted by Crippen LogP contribution is 2.14. The summed E-state index contributed by atoms with van der Waals surface area (Å²) in [5, 5.41) is 3.22. The fourth-order valence-electron chi connectivity index (χ4n) is 1.89. The maximum absolute atomic E-state index is 11.9. The molecule has 22 heavy (non-hydrogen) atoms. The van der Waals surface area contributed by atoms with E-state index in [0.717, 1.165) is 5.69 Å². The van der Waals surface area contributed by atoms with E-state index in [9.17, 15) is 9.59 Å². The Balaban J connectivity index is 1.98. The van der Waals surface area contributed by atoms with E-state index < -0.39 is 0 Å². The highest BCUT2D eigenvalue weighted by molar-refractivity contribution is 7.99. The van der Waals surface area contributed by atoms with E-state index in [2.05, 4.69) is 21.9 Å². The molecule has 114 valence electrons. The molecule has 0 aliphatic carbocycles. The number of nitrogens with zero attached hydrogens (tertiary/aromatic N) is 1. The number of hydrogen-bond acceptors (Lipinski definition) is 4. The molecular weight excluding hydrogens is 298 g/mol. The smallest absolute Gasteiger partial charge is 0.255 e. The molecule has 6 heteroatoms. The first-order valence-corrected chi connectivity index (χ1v) is 7.77. The molecule has 5 nitrogen and oxygen atoms in total. The second kappa shape index (κ2) is 7.61. The van der Waals surface area contributed by atoms with Gasteiger partial charge in [-0.25, -0.2) is 4.98 Å². The molecule has 1 aromatic carbocycles. The zero-order valence-corrected chi connectivity index (χ0v) is 13.1. The lowest BCUT2D eigenvalue weighted by Crippen LogP contribution is -2.18. The van der Waals surface area contributed by atoms with Crippen LogP contribution < -0.4 is 10.9 Å². The molecule has 2 aromatic rings. The zero-order valence-electron chi connectivity index (χ0n) is 12.3. The Hall–Kier alpha value is -2.34. The van der Waals surface area contributed by atoms with Crippen molar-refractivity contribution in [2.24, 2.45) is 0 Å². The Morgan fingerprint density at radius 1 is 1.41 bits per heavy atom. The van der Waals surface area contributed by atoms with Gasteiger partial charge in [-0.1, -0.05) is 36.0 Å². The normalized spacial score (nSPS) is 10.2. The minimum absolute atomic E-state index is 0.147. The summed E-state index contributed by atoms with van der Waals surface area (Å²) in [6, 6.07) is 9.22. The largest absolute Gasteiger partial charge is 0.325 e. The van der Waals surface area contributed by atoms with Crippen LogP contribution in [0.3, 0.4) is 0 Å². The van der Waals surface area contributed by atoms with Crippen LogP contribution in [0.25, 0.3) is 0 Å². The topological polar surface area (TPSA) is 74.8 Å². The van der Waals surface area contributed by atoms with Gasteiger partial charge in [-0.05, 0) is 25.5 Å². The molecule has 2 rings (SSSR count). The van der Waals surface area contributed by atoms with E-state index in [1.54, 1.807) is 13.0 Å². The molecule has 0 aliphatic rings. The van der Waals surface area contributed by atoms with Crippen molar-refractivity contribution in [3.63, 3.8) is 0 Å². The molecule has 0 unspecified atom stereocenters. The van der Waals surface area contributed by atoms with Crippen LogP contribution in [0, 0.1) is 6.92 Å². The van der Waals surface area contributed by atoms with Crippen LogP contribution in [0.5, 0.6) is 0 Å². The summed E-state index contributed by atoms with van der Waals surface area (Å²) in [6.45, 7) is 5.40. The quantitative estimate of drug-likeness (QED) is 0.488. The van der Waals surface area contributed by atoms with Crippen molar-refractivity contribution < 1.29 is 4.79 Å². The number of aryl methyl sites for hydroxylation is 1. The van der Waals surface area contributed by atoms with Gasteiger partial charge in [0.05, 0.1) is 5.75 Å². The number of rotatable bonds is 6. The Bertz CT molecular complexity index is 726. The first-order chi connectivity index (χ1) is 10.6. The summed E-state index contributed by atoms with van der Waals surface area (Å²) in [4.78, 5) is 30.8. The summed E-state index contributed by atoms with van der Waals surface area (Å²) in [5.41, 5.74) is 1.83. The van der Waals surface area contributed by atoms with Gasteiger partial charge in [0, 0.05) is 16.9 Å². The van der Waals surface area contributed by atoms with Crippen molar-refractivity contribution in [1.29, 1.82) is 0 Å². The maximum atomic E-state index is 11.9. The third-order valence-corrected chi connectivity index (χ3v) is 3.82. The van der Waals surface area contributed by atoms with Crippen molar-refractivity contribution in [2.75, 3.05) is 11.1 Å². The Labute approximate surface area is 132 Å². The highest BCUT2D eigenvalue weighted by Gasteiger charge is 2.09. The Morgan fingerprint density at radius 3 is 2.77 bits per heavy atom. The number of thioether (sulfide) groups is 1. The van der Waals surface area contributed by atoms with Gasteiger partial charge < -0.3 is 10.3 Å². The molecule has 0 fully saturated rings. The number of H-pyrrole nitrogens is 1. The van der Waals surface area contributed by atoms with Crippen LogP contribution in [-0.4, -0.2) is 21.6 Å². The first-order valence-electron chi connectivity index (χ1n) is 6.78. The van der Waals surface area contributed by atoms with Crippen LogP contribution in [0.1, 0.15) is 11.3 Å². The number of benzene rings is 1. The van der Waals surface area contributed by atoms with Gasteiger partial charge >= 0.3 is 0 Å². The lowest BCUT2D eigenvalue weighted by molar-refractivity contribution is -0.113. The molecule has 1 aromatic heterocycles. The number of nitrogens with one attached hydrogen (secondary N) is 2. The summed E-state index contributed by atoms with van der Waals surface area (Å²) in [6.07, 6.45) is 2.15.